The van der Waals surface area contributed by atoms with Gasteiger partial charge < -0.3 is 15.4 Å². The molecule has 0 spiro atoms. The van der Waals surface area contributed by atoms with Gasteiger partial charge in [0.05, 0.1) is 0 Å². The summed E-state index contributed by atoms with van der Waals surface area (Å²) in [5.41, 5.74) is 6.97. The first-order valence-electron chi connectivity index (χ1n) is 7.22. The van der Waals surface area contributed by atoms with E-state index in [0.29, 0.717) is 23.9 Å². The SMILES string of the molecule is Cc1cc(OCC(=O)N2CCC(N)C(C)(C)C2)ccc1Cl. The Labute approximate surface area is 131 Å². The van der Waals surface area contributed by atoms with Gasteiger partial charge in [0.1, 0.15) is 5.75 Å². The molecule has 21 heavy (non-hydrogen) atoms. The van der Waals surface area contributed by atoms with Crippen molar-refractivity contribution in [2.75, 3.05) is 19.7 Å². The molecule has 0 aromatic heterocycles. The van der Waals surface area contributed by atoms with Gasteiger partial charge in [-0.3, -0.25) is 4.79 Å². The quantitative estimate of drug-likeness (QED) is 0.933. The van der Waals surface area contributed by atoms with E-state index < -0.39 is 0 Å². The number of rotatable bonds is 3. The molecule has 1 amide bonds. The molecule has 1 aromatic rings. The van der Waals surface area contributed by atoms with Crippen LogP contribution in [0.15, 0.2) is 18.2 Å². The molecule has 1 unspecified atom stereocenters. The molecular weight excluding hydrogens is 288 g/mol. The van der Waals surface area contributed by atoms with Gasteiger partial charge in [-0.2, -0.15) is 0 Å². The summed E-state index contributed by atoms with van der Waals surface area (Å²) in [6.07, 6.45) is 0.832. The first-order chi connectivity index (χ1) is 9.79. The number of likely N-dealkylation sites (tertiary alicyclic amines) is 1. The maximum Gasteiger partial charge on any atom is 0.260 e. The number of nitrogens with zero attached hydrogens (tertiary/aromatic N) is 1. The number of ether oxygens (including phenoxy) is 1. The van der Waals surface area contributed by atoms with E-state index in [1.165, 1.54) is 0 Å². The van der Waals surface area contributed by atoms with E-state index in [0.717, 1.165) is 12.0 Å². The minimum absolute atomic E-state index is 0.00239. The van der Waals surface area contributed by atoms with Crippen LogP contribution in [0.2, 0.25) is 5.02 Å². The first-order valence-corrected chi connectivity index (χ1v) is 7.60. The molecule has 0 saturated carbocycles. The summed E-state index contributed by atoms with van der Waals surface area (Å²) in [5, 5.41) is 0.695. The number of piperidine rings is 1. The molecule has 116 valence electrons. The summed E-state index contributed by atoms with van der Waals surface area (Å²) in [6, 6.07) is 5.53. The minimum atomic E-state index is -0.0508. The van der Waals surface area contributed by atoms with E-state index >= 15 is 0 Å². The second-order valence-corrected chi connectivity index (χ2v) is 6.81. The Morgan fingerprint density at radius 3 is 2.86 bits per heavy atom. The van der Waals surface area contributed by atoms with E-state index in [4.69, 9.17) is 22.1 Å². The third-order valence-corrected chi connectivity index (χ3v) is 4.58. The average molecular weight is 311 g/mol. The molecular formula is C16H23ClN2O2. The minimum Gasteiger partial charge on any atom is -0.484 e. The van der Waals surface area contributed by atoms with Crippen LogP contribution in [0, 0.1) is 12.3 Å². The van der Waals surface area contributed by atoms with Gasteiger partial charge in [-0.15, -0.1) is 0 Å². The number of carbonyl (C=O) groups excluding carboxylic acids is 1. The standard InChI is InChI=1S/C16H23ClN2O2/c1-11-8-12(4-5-13(11)17)21-9-15(20)19-7-6-14(18)16(2,3)10-19/h4-5,8,14H,6-7,9-10,18H2,1-3H3. The lowest BCUT2D eigenvalue weighted by Crippen LogP contribution is -2.54. The van der Waals surface area contributed by atoms with Gasteiger partial charge in [0.25, 0.3) is 5.91 Å². The van der Waals surface area contributed by atoms with Crippen molar-refractivity contribution >= 4 is 17.5 Å². The van der Waals surface area contributed by atoms with Crippen molar-refractivity contribution in [2.45, 2.75) is 33.2 Å². The Kier molecular flexibility index (Phi) is 4.79. The maximum absolute atomic E-state index is 12.3. The number of benzene rings is 1. The zero-order chi connectivity index (χ0) is 15.6. The van der Waals surface area contributed by atoms with Crippen LogP contribution in [0.4, 0.5) is 0 Å². The van der Waals surface area contributed by atoms with Crippen molar-refractivity contribution in [2.24, 2.45) is 11.1 Å². The lowest BCUT2D eigenvalue weighted by atomic mass is 9.80. The molecule has 1 aliphatic rings. The molecule has 0 bridgehead atoms. The van der Waals surface area contributed by atoms with E-state index in [1.807, 2.05) is 17.9 Å². The highest BCUT2D eigenvalue weighted by Gasteiger charge is 2.35. The van der Waals surface area contributed by atoms with Gasteiger partial charge in [0, 0.05) is 24.2 Å². The molecule has 0 aliphatic carbocycles. The number of nitrogens with two attached hydrogens (primary N) is 1. The van der Waals surface area contributed by atoms with Crippen molar-refractivity contribution < 1.29 is 9.53 Å². The lowest BCUT2D eigenvalue weighted by molar-refractivity contribution is -0.136. The number of amides is 1. The van der Waals surface area contributed by atoms with E-state index in [9.17, 15) is 4.79 Å². The number of hydrogen-bond acceptors (Lipinski definition) is 3. The molecule has 5 heteroatoms. The fourth-order valence-corrected chi connectivity index (χ4v) is 2.65. The van der Waals surface area contributed by atoms with Crippen molar-refractivity contribution in [3.05, 3.63) is 28.8 Å². The molecule has 1 atom stereocenters. The van der Waals surface area contributed by atoms with Gasteiger partial charge in [-0.1, -0.05) is 25.4 Å². The predicted molar refractivity (Wildman–Crippen MR) is 84.6 cm³/mol. The number of carbonyl (C=O) groups is 1. The third-order valence-electron chi connectivity index (χ3n) is 4.16. The zero-order valence-electron chi connectivity index (χ0n) is 12.9. The molecule has 1 aromatic carbocycles. The Morgan fingerprint density at radius 2 is 2.24 bits per heavy atom. The highest BCUT2D eigenvalue weighted by Crippen LogP contribution is 2.28. The Morgan fingerprint density at radius 1 is 1.52 bits per heavy atom. The molecule has 1 aliphatic heterocycles. The van der Waals surface area contributed by atoms with Crippen LogP contribution in [0.25, 0.3) is 0 Å². The van der Waals surface area contributed by atoms with Gasteiger partial charge >= 0.3 is 0 Å². The second-order valence-electron chi connectivity index (χ2n) is 6.40. The molecule has 1 fully saturated rings. The second kappa shape index (κ2) is 6.24. The summed E-state index contributed by atoms with van der Waals surface area (Å²) >= 11 is 5.97. The van der Waals surface area contributed by atoms with E-state index in [-0.39, 0.29) is 24.0 Å². The molecule has 1 saturated heterocycles. The van der Waals surface area contributed by atoms with Gasteiger partial charge in [0.15, 0.2) is 6.61 Å². The summed E-state index contributed by atoms with van der Waals surface area (Å²) in [6.45, 7) is 7.53. The van der Waals surface area contributed by atoms with Crippen LogP contribution in [-0.4, -0.2) is 36.5 Å². The number of aryl methyl sites for hydroxylation is 1. The Hall–Kier alpha value is -1.26. The maximum atomic E-state index is 12.3. The predicted octanol–water partition coefficient (Wildman–Crippen LogP) is 2.61. The van der Waals surface area contributed by atoms with Crippen LogP contribution in [-0.2, 0) is 4.79 Å². The smallest absolute Gasteiger partial charge is 0.260 e. The Balaban J connectivity index is 1.91. The lowest BCUT2D eigenvalue weighted by Gasteiger charge is -2.42. The van der Waals surface area contributed by atoms with Gasteiger partial charge in [-0.05, 0) is 42.5 Å². The van der Waals surface area contributed by atoms with Crippen LogP contribution in [0.5, 0.6) is 5.75 Å². The summed E-state index contributed by atoms with van der Waals surface area (Å²) in [5.74, 6) is 0.667. The molecule has 2 rings (SSSR count). The zero-order valence-corrected chi connectivity index (χ0v) is 13.6. The number of halogens is 1. The highest BCUT2D eigenvalue weighted by molar-refractivity contribution is 6.31. The molecule has 2 N–H and O–H groups in total. The third kappa shape index (κ3) is 3.89. The summed E-state index contributed by atoms with van der Waals surface area (Å²) < 4.78 is 5.57. The molecule has 4 nitrogen and oxygen atoms in total. The average Bonchev–Trinajstić information content (AvgIpc) is 2.42. The monoisotopic (exact) mass is 310 g/mol. The van der Waals surface area contributed by atoms with Gasteiger partial charge in [-0.25, -0.2) is 0 Å². The topological polar surface area (TPSA) is 55.6 Å². The summed E-state index contributed by atoms with van der Waals surface area (Å²) in [4.78, 5) is 14.1. The van der Waals surface area contributed by atoms with Crippen molar-refractivity contribution in [1.82, 2.24) is 4.90 Å². The Bertz CT molecular complexity index is 531. The van der Waals surface area contributed by atoms with Crippen molar-refractivity contribution in [1.29, 1.82) is 0 Å². The van der Waals surface area contributed by atoms with Gasteiger partial charge in [0.2, 0.25) is 0 Å². The fourth-order valence-electron chi connectivity index (χ4n) is 2.53. The first kappa shape index (κ1) is 16.1. The fraction of sp³-hybridized carbons (Fsp3) is 0.562. The molecule has 1 heterocycles. The van der Waals surface area contributed by atoms with Crippen LogP contribution < -0.4 is 10.5 Å². The largest absolute Gasteiger partial charge is 0.484 e. The normalized spacial score (nSPS) is 21.2. The molecule has 0 radical (unpaired) electrons. The van der Waals surface area contributed by atoms with Crippen molar-refractivity contribution in [3.63, 3.8) is 0 Å². The number of hydrogen-bond donors (Lipinski definition) is 1. The van der Waals surface area contributed by atoms with E-state index in [1.54, 1.807) is 12.1 Å². The van der Waals surface area contributed by atoms with Crippen molar-refractivity contribution in [3.8, 4) is 5.75 Å². The highest BCUT2D eigenvalue weighted by atomic mass is 35.5. The van der Waals surface area contributed by atoms with Crippen LogP contribution >= 0.6 is 11.6 Å². The summed E-state index contributed by atoms with van der Waals surface area (Å²) in [7, 11) is 0. The van der Waals surface area contributed by atoms with E-state index in [2.05, 4.69) is 13.8 Å². The van der Waals surface area contributed by atoms with Crippen LogP contribution in [0.3, 0.4) is 0 Å². The van der Waals surface area contributed by atoms with Crippen LogP contribution in [0.1, 0.15) is 25.8 Å².